The molecule has 1 amide bonds. The summed E-state index contributed by atoms with van der Waals surface area (Å²) in [5, 5.41) is 15.5. The van der Waals surface area contributed by atoms with E-state index >= 15 is 0 Å². The Morgan fingerprint density at radius 2 is 1.85 bits per heavy atom. The first-order valence-corrected chi connectivity index (χ1v) is 7.21. The van der Waals surface area contributed by atoms with Gasteiger partial charge in [-0.25, -0.2) is 0 Å². The molecule has 0 saturated carbocycles. The zero-order chi connectivity index (χ0) is 15.0. The maximum Gasteiger partial charge on any atom is 0.236 e. The fourth-order valence-electron chi connectivity index (χ4n) is 1.96. The van der Waals surface area contributed by atoms with Gasteiger partial charge in [0.15, 0.2) is 0 Å². The number of carbonyl (C=O) groups excluding carboxylic acids is 1. The molecule has 0 aliphatic rings. The van der Waals surface area contributed by atoms with Crippen LogP contribution in [0.3, 0.4) is 0 Å². The van der Waals surface area contributed by atoms with Crippen LogP contribution in [-0.4, -0.2) is 36.2 Å². The summed E-state index contributed by atoms with van der Waals surface area (Å²) in [4.78, 5) is 11.9. The highest BCUT2D eigenvalue weighted by Gasteiger charge is 2.17. The number of benzene rings is 1. The first kappa shape index (κ1) is 16.7. The quantitative estimate of drug-likeness (QED) is 0.672. The lowest BCUT2D eigenvalue weighted by molar-refractivity contribution is -0.123. The van der Waals surface area contributed by atoms with Crippen LogP contribution >= 0.6 is 0 Å². The summed E-state index contributed by atoms with van der Waals surface area (Å²) in [7, 11) is 0. The zero-order valence-corrected chi connectivity index (χ0v) is 12.6. The zero-order valence-electron chi connectivity index (χ0n) is 12.6. The van der Waals surface area contributed by atoms with Gasteiger partial charge < -0.3 is 15.7 Å². The second-order valence-corrected chi connectivity index (χ2v) is 5.60. The highest BCUT2D eigenvalue weighted by molar-refractivity contribution is 5.81. The van der Waals surface area contributed by atoms with Crippen molar-refractivity contribution in [2.75, 3.05) is 13.2 Å². The maximum atomic E-state index is 11.9. The molecule has 0 aliphatic carbocycles. The van der Waals surface area contributed by atoms with Gasteiger partial charge in [-0.1, -0.05) is 44.2 Å². The number of aliphatic hydroxyl groups is 1. The van der Waals surface area contributed by atoms with Gasteiger partial charge in [0.1, 0.15) is 0 Å². The summed E-state index contributed by atoms with van der Waals surface area (Å²) < 4.78 is 0. The lowest BCUT2D eigenvalue weighted by Crippen LogP contribution is -2.49. The minimum absolute atomic E-state index is 0.0106. The van der Waals surface area contributed by atoms with E-state index in [4.69, 9.17) is 0 Å². The van der Waals surface area contributed by atoms with E-state index in [1.807, 2.05) is 37.3 Å². The van der Waals surface area contributed by atoms with E-state index < -0.39 is 0 Å². The van der Waals surface area contributed by atoms with Crippen molar-refractivity contribution in [3.63, 3.8) is 0 Å². The van der Waals surface area contributed by atoms with Crippen LogP contribution in [0, 0.1) is 5.92 Å². The third-order valence-corrected chi connectivity index (χ3v) is 3.11. The summed E-state index contributed by atoms with van der Waals surface area (Å²) >= 11 is 0. The minimum atomic E-state index is -0.311. The van der Waals surface area contributed by atoms with Gasteiger partial charge in [-0.15, -0.1) is 0 Å². The van der Waals surface area contributed by atoms with E-state index in [1.165, 1.54) is 0 Å². The molecule has 20 heavy (non-hydrogen) atoms. The highest BCUT2D eigenvalue weighted by Crippen LogP contribution is 2.03. The van der Waals surface area contributed by atoms with Crippen LogP contribution in [0.1, 0.15) is 26.3 Å². The van der Waals surface area contributed by atoms with Gasteiger partial charge in [-0.2, -0.15) is 0 Å². The lowest BCUT2D eigenvalue weighted by Gasteiger charge is -2.21. The average Bonchev–Trinajstić information content (AvgIpc) is 2.44. The van der Waals surface area contributed by atoms with Gasteiger partial charge in [-0.3, -0.25) is 4.79 Å². The number of hydrogen-bond acceptors (Lipinski definition) is 3. The molecular formula is C16H26N2O2. The van der Waals surface area contributed by atoms with Crippen molar-refractivity contribution >= 4 is 5.91 Å². The van der Waals surface area contributed by atoms with Gasteiger partial charge >= 0.3 is 0 Å². The van der Waals surface area contributed by atoms with E-state index in [-0.39, 0.29) is 24.6 Å². The SMILES string of the molecule is CC(C)CNC(=O)C(C)NC(CO)Cc1ccccc1. The number of rotatable bonds is 8. The summed E-state index contributed by atoms with van der Waals surface area (Å²) in [5.74, 6) is 0.411. The standard InChI is InChI=1S/C16H26N2O2/c1-12(2)10-17-16(20)13(3)18-15(11-19)9-14-7-5-4-6-8-14/h4-8,12-13,15,18-19H,9-11H2,1-3H3,(H,17,20). The molecule has 4 nitrogen and oxygen atoms in total. The Balaban J connectivity index is 2.45. The van der Waals surface area contributed by atoms with E-state index in [9.17, 15) is 9.90 Å². The Morgan fingerprint density at radius 1 is 1.20 bits per heavy atom. The lowest BCUT2D eigenvalue weighted by atomic mass is 10.1. The van der Waals surface area contributed by atoms with E-state index in [1.54, 1.807) is 0 Å². The Labute approximate surface area is 121 Å². The Hall–Kier alpha value is -1.39. The molecule has 112 valence electrons. The Bertz CT molecular complexity index is 393. The molecule has 0 aromatic heterocycles. The molecule has 0 bridgehead atoms. The van der Waals surface area contributed by atoms with Gasteiger partial charge in [-0.05, 0) is 24.8 Å². The van der Waals surface area contributed by atoms with Crippen molar-refractivity contribution in [3.05, 3.63) is 35.9 Å². The fourth-order valence-corrected chi connectivity index (χ4v) is 1.96. The topological polar surface area (TPSA) is 61.4 Å². The third-order valence-electron chi connectivity index (χ3n) is 3.11. The Kier molecular flexibility index (Phi) is 7.26. The summed E-state index contributed by atoms with van der Waals surface area (Å²) in [5.41, 5.74) is 1.15. The van der Waals surface area contributed by atoms with Crippen LogP contribution in [0.4, 0.5) is 0 Å². The molecule has 1 aromatic carbocycles. The first-order chi connectivity index (χ1) is 9.52. The number of carbonyl (C=O) groups is 1. The van der Waals surface area contributed by atoms with Crippen molar-refractivity contribution in [1.29, 1.82) is 0 Å². The third kappa shape index (κ3) is 6.17. The predicted molar refractivity (Wildman–Crippen MR) is 81.5 cm³/mol. The first-order valence-electron chi connectivity index (χ1n) is 7.21. The van der Waals surface area contributed by atoms with Crippen molar-refractivity contribution in [3.8, 4) is 0 Å². The molecular weight excluding hydrogens is 252 g/mol. The van der Waals surface area contributed by atoms with Crippen molar-refractivity contribution in [1.82, 2.24) is 10.6 Å². The molecule has 0 spiro atoms. The maximum absolute atomic E-state index is 11.9. The summed E-state index contributed by atoms with van der Waals surface area (Å²) in [6, 6.07) is 9.53. The van der Waals surface area contributed by atoms with Gasteiger partial charge in [0.05, 0.1) is 12.6 Å². The number of amides is 1. The van der Waals surface area contributed by atoms with Crippen LogP contribution in [0.25, 0.3) is 0 Å². The average molecular weight is 278 g/mol. The minimum Gasteiger partial charge on any atom is -0.395 e. The second-order valence-electron chi connectivity index (χ2n) is 5.60. The number of aliphatic hydroxyl groups excluding tert-OH is 1. The monoisotopic (exact) mass is 278 g/mol. The second kappa shape index (κ2) is 8.72. The molecule has 0 aliphatic heterocycles. The highest BCUT2D eigenvalue weighted by atomic mass is 16.3. The predicted octanol–water partition coefficient (Wildman–Crippen LogP) is 1.34. The molecule has 0 radical (unpaired) electrons. The number of nitrogens with one attached hydrogen (secondary N) is 2. The van der Waals surface area contributed by atoms with E-state index in [0.717, 1.165) is 5.56 Å². The van der Waals surface area contributed by atoms with Crippen molar-refractivity contribution < 1.29 is 9.90 Å². The normalized spacial score (nSPS) is 14.1. The van der Waals surface area contributed by atoms with Crippen LogP contribution in [0.15, 0.2) is 30.3 Å². The van der Waals surface area contributed by atoms with Crippen LogP contribution in [-0.2, 0) is 11.2 Å². The molecule has 0 saturated heterocycles. The smallest absolute Gasteiger partial charge is 0.236 e. The molecule has 2 atom stereocenters. The molecule has 1 aromatic rings. The van der Waals surface area contributed by atoms with Crippen LogP contribution in [0.2, 0.25) is 0 Å². The van der Waals surface area contributed by atoms with Gasteiger partial charge in [0.25, 0.3) is 0 Å². The van der Waals surface area contributed by atoms with Crippen molar-refractivity contribution in [2.45, 2.75) is 39.3 Å². The van der Waals surface area contributed by atoms with Gasteiger partial charge in [0.2, 0.25) is 5.91 Å². The van der Waals surface area contributed by atoms with Gasteiger partial charge in [0, 0.05) is 12.6 Å². The van der Waals surface area contributed by atoms with Crippen molar-refractivity contribution in [2.24, 2.45) is 5.92 Å². The molecule has 0 fully saturated rings. The molecule has 0 heterocycles. The summed E-state index contributed by atoms with van der Waals surface area (Å²) in [6.45, 7) is 6.63. The van der Waals surface area contributed by atoms with Crippen LogP contribution < -0.4 is 10.6 Å². The summed E-state index contributed by atoms with van der Waals surface area (Å²) in [6.07, 6.45) is 0.707. The molecule has 2 unspecified atom stereocenters. The number of hydrogen-bond donors (Lipinski definition) is 3. The fraction of sp³-hybridized carbons (Fsp3) is 0.562. The largest absolute Gasteiger partial charge is 0.395 e. The van der Waals surface area contributed by atoms with E-state index in [2.05, 4.69) is 24.5 Å². The van der Waals surface area contributed by atoms with Crippen LogP contribution in [0.5, 0.6) is 0 Å². The van der Waals surface area contributed by atoms with E-state index in [0.29, 0.717) is 18.9 Å². The molecule has 4 heteroatoms. The molecule has 3 N–H and O–H groups in total. The Morgan fingerprint density at radius 3 is 2.40 bits per heavy atom. The molecule has 1 rings (SSSR count).